The molecular formula is C22H29FIN5O3. The lowest BCUT2D eigenvalue weighted by Gasteiger charge is -2.36. The minimum absolute atomic E-state index is 0. The quantitative estimate of drug-likeness (QED) is 0.247. The Morgan fingerprint density at radius 1 is 1.12 bits per heavy atom. The smallest absolute Gasteiger partial charge is 0.289 e. The molecule has 2 amide bonds. The Labute approximate surface area is 204 Å². The zero-order valence-electron chi connectivity index (χ0n) is 18.3. The fourth-order valence-corrected chi connectivity index (χ4v) is 3.27. The first kappa shape index (κ1) is 25.6. The fraction of sp³-hybridized carbons (Fsp3) is 0.409. The zero-order valence-corrected chi connectivity index (χ0v) is 20.6. The summed E-state index contributed by atoms with van der Waals surface area (Å²) in [5, 5.41) is 6.01. The molecule has 32 heavy (non-hydrogen) atoms. The number of aliphatic imine (C=N–C) groups is 1. The second-order valence-electron chi connectivity index (χ2n) is 7.21. The highest BCUT2D eigenvalue weighted by atomic mass is 127. The number of nitrogens with one attached hydrogen (secondary N) is 2. The van der Waals surface area contributed by atoms with E-state index in [9.17, 15) is 14.0 Å². The Balaban J connectivity index is 0.00000363. The van der Waals surface area contributed by atoms with E-state index in [-0.39, 0.29) is 41.4 Å². The average molecular weight is 557 g/mol. The Kier molecular flexibility index (Phi) is 9.95. The molecule has 2 aromatic rings. The van der Waals surface area contributed by atoms with Crippen LogP contribution >= 0.6 is 24.0 Å². The fourth-order valence-electron chi connectivity index (χ4n) is 3.27. The molecular weight excluding hydrogens is 528 g/mol. The van der Waals surface area contributed by atoms with Gasteiger partial charge in [0.15, 0.2) is 11.7 Å². The molecule has 1 aromatic carbocycles. The predicted octanol–water partition coefficient (Wildman–Crippen LogP) is 2.50. The Morgan fingerprint density at radius 2 is 1.84 bits per heavy atom. The zero-order chi connectivity index (χ0) is 22.2. The highest BCUT2D eigenvalue weighted by Crippen LogP contribution is 2.10. The number of guanidine groups is 1. The summed E-state index contributed by atoms with van der Waals surface area (Å²) >= 11 is 0. The summed E-state index contributed by atoms with van der Waals surface area (Å²) in [6.45, 7) is 7.49. The largest absolute Gasteiger partial charge is 0.459 e. The number of benzene rings is 1. The lowest BCUT2D eigenvalue weighted by molar-refractivity contribution is 0.0657. The van der Waals surface area contributed by atoms with E-state index < -0.39 is 5.82 Å². The Morgan fingerprint density at radius 3 is 2.47 bits per heavy atom. The van der Waals surface area contributed by atoms with Crippen LogP contribution in [0.1, 0.15) is 33.4 Å². The van der Waals surface area contributed by atoms with Gasteiger partial charge in [-0.3, -0.25) is 14.6 Å². The van der Waals surface area contributed by atoms with Gasteiger partial charge in [0, 0.05) is 44.8 Å². The molecule has 10 heteroatoms. The molecule has 0 saturated carbocycles. The van der Waals surface area contributed by atoms with Crippen LogP contribution < -0.4 is 10.6 Å². The van der Waals surface area contributed by atoms with E-state index in [1.807, 2.05) is 6.92 Å². The number of carbonyl (C=O) groups is 2. The van der Waals surface area contributed by atoms with Gasteiger partial charge >= 0.3 is 0 Å². The van der Waals surface area contributed by atoms with Gasteiger partial charge in [-0.1, -0.05) is 6.07 Å². The summed E-state index contributed by atoms with van der Waals surface area (Å²) in [7, 11) is 0. The third kappa shape index (κ3) is 6.68. The average Bonchev–Trinajstić information content (AvgIpc) is 3.32. The monoisotopic (exact) mass is 557 g/mol. The molecule has 0 aliphatic carbocycles. The van der Waals surface area contributed by atoms with Crippen LogP contribution in [-0.4, -0.2) is 73.4 Å². The van der Waals surface area contributed by atoms with Gasteiger partial charge in [-0.05, 0) is 43.7 Å². The van der Waals surface area contributed by atoms with Crippen molar-refractivity contribution in [1.82, 2.24) is 20.4 Å². The number of nitrogens with zero attached hydrogens (tertiary/aromatic N) is 3. The number of hydrogen-bond donors (Lipinski definition) is 2. The highest BCUT2D eigenvalue weighted by Gasteiger charge is 2.25. The first-order chi connectivity index (χ1) is 15.0. The van der Waals surface area contributed by atoms with Gasteiger partial charge in [0.25, 0.3) is 11.8 Å². The second-order valence-corrected chi connectivity index (χ2v) is 7.21. The minimum atomic E-state index is -0.398. The van der Waals surface area contributed by atoms with Crippen molar-refractivity contribution in [2.24, 2.45) is 4.99 Å². The molecule has 8 nitrogen and oxygen atoms in total. The predicted molar refractivity (Wildman–Crippen MR) is 131 cm³/mol. The van der Waals surface area contributed by atoms with Gasteiger partial charge in [0.1, 0.15) is 5.82 Å². The van der Waals surface area contributed by atoms with E-state index in [1.165, 1.54) is 12.3 Å². The van der Waals surface area contributed by atoms with Crippen molar-refractivity contribution in [3.05, 3.63) is 59.3 Å². The van der Waals surface area contributed by atoms with Gasteiger partial charge in [-0.25, -0.2) is 4.39 Å². The van der Waals surface area contributed by atoms with E-state index in [4.69, 9.17) is 4.42 Å². The molecule has 0 atom stereocenters. The summed E-state index contributed by atoms with van der Waals surface area (Å²) in [6.07, 6.45) is 1.49. The number of halogens is 2. The van der Waals surface area contributed by atoms with Gasteiger partial charge in [-0.15, -0.1) is 24.0 Å². The molecule has 2 N–H and O–H groups in total. The lowest BCUT2D eigenvalue weighted by Crippen LogP contribution is -2.53. The molecule has 3 rings (SSSR count). The van der Waals surface area contributed by atoms with Gasteiger partial charge in [0.05, 0.1) is 12.8 Å². The number of amides is 2. The summed E-state index contributed by atoms with van der Waals surface area (Å²) in [5.41, 5.74) is 0.790. The van der Waals surface area contributed by atoms with Crippen LogP contribution in [0.4, 0.5) is 4.39 Å². The first-order valence-electron chi connectivity index (χ1n) is 10.4. The number of carbonyl (C=O) groups excluding carboxylic acids is 2. The van der Waals surface area contributed by atoms with Crippen molar-refractivity contribution in [2.45, 2.75) is 13.8 Å². The molecule has 174 valence electrons. The van der Waals surface area contributed by atoms with Crippen molar-refractivity contribution < 1.29 is 18.4 Å². The van der Waals surface area contributed by atoms with E-state index in [2.05, 4.69) is 20.5 Å². The highest BCUT2D eigenvalue weighted by molar-refractivity contribution is 14.0. The summed E-state index contributed by atoms with van der Waals surface area (Å²) in [6, 6.07) is 7.79. The van der Waals surface area contributed by atoms with Crippen LogP contribution in [0.2, 0.25) is 0 Å². The third-order valence-electron chi connectivity index (χ3n) is 5.03. The number of hydrogen-bond acceptors (Lipinski definition) is 4. The standard InChI is InChI=1S/C22H28FN5O3.HI/c1-3-24-22(26-9-8-25-20(29)17-7-6-16(2)18(23)15-17)28-12-10-27(11-13-28)21(30)19-5-4-14-31-19;/h4-7,14-15H,3,8-13H2,1-2H3,(H,24,26)(H,25,29);1H. The normalized spacial score (nSPS) is 14.0. The lowest BCUT2D eigenvalue weighted by atomic mass is 10.1. The van der Waals surface area contributed by atoms with Gasteiger partial charge < -0.3 is 24.9 Å². The maximum Gasteiger partial charge on any atom is 0.289 e. The van der Waals surface area contributed by atoms with Crippen LogP contribution in [0.3, 0.4) is 0 Å². The number of piperazine rings is 1. The van der Waals surface area contributed by atoms with Gasteiger partial charge in [0.2, 0.25) is 0 Å². The number of rotatable bonds is 6. The van der Waals surface area contributed by atoms with E-state index in [0.717, 1.165) is 5.96 Å². The van der Waals surface area contributed by atoms with Crippen molar-refractivity contribution in [3.63, 3.8) is 0 Å². The van der Waals surface area contributed by atoms with E-state index in [1.54, 1.807) is 36.1 Å². The van der Waals surface area contributed by atoms with Crippen molar-refractivity contribution >= 4 is 41.8 Å². The van der Waals surface area contributed by atoms with Crippen molar-refractivity contribution in [1.29, 1.82) is 0 Å². The Hall–Kier alpha value is -2.63. The first-order valence-corrected chi connectivity index (χ1v) is 10.4. The number of furan rings is 1. The van der Waals surface area contributed by atoms with Crippen LogP contribution in [0.15, 0.2) is 46.0 Å². The number of aryl methyl sites for hydroxylation is 1. The van der Waals surface area contributed by atoms with Crippen LogP contribution in [0.5, 0.6) is 0 Å². The molecule has 1 saturated heterocycles. The van der Waals surface area contributed by atoms with Gasteiger partial charge in [-0.2, -0.15) is 0 Å². The van der Waals surface area contributed by atoms with Crippen molar-refractivity contribution in [2.75, 3.05) is 45.8 Å². The minimum Gasteiger partial charge on any atom is -0.459 e. The van der Waals surface area contributed by atoms with E-state index in [0.29, 0.717) is 57.1 Å². The van der Waals surface area contributed by atoms with Crippen LogP contribution in [0, 0.1) is 12.7 Å². The maximum absolute atomic E-state index is 13.6. The van der Waals surface area contributed by atoms with Crippen LogP contribution in [-0.2, 0) is 0 Å². The summed E-state index contributed by atoms with van der Waals surface area (Å²) in [4.78, 5) is 33.0. The summed E-state index contributed by atoms with van der Waals surface area (Å²) in [5.74, 6) is 0.247. The molecule has 0 unspecified atom stereocenters. The molecule has 0 spiro atoms. The maximum atomic E-state index is 13.6. The van der Waals surface area contributed by atoms with E-state index >= 15 is 0 Å². The third-order valence-corrected chi connectivity index (χ3v) is 5.03. The molecule has 1 aliphatic rings. The molecule has 0 radical (unpaired) electrons. The van der Waals surface area contributed by atoms with Crippen LogP contribution in [0.25, 0.3) is 0 Å². The SMILES string of the molecule is CCNC(=NCCNC(=O)c1ccc(C)c(F)c1)N1CCN(C(=O)c2ccco2)CC1.I. The second kappa shape index (κ2) is 12.4. The molecule has 2 heterocycles. The molecule has 1 aliphatic heterocycles. The Bertz CT molecular complexity index is 928. The van der Waals surface area contributed by atoms with Crippen molar-refractivity contribution in [3.8, 4) is 0 Å². The molecule has 1 aromatic heterocycles. The summed E-state index contributed by atoms with van der Waals surface area (Å²) < 4.78 is 18.8. The topological polar surface area (TPSA) is 90.2 Å². The molecule has 1 fully saturated rings. The molecule has 0 bridgehead atoms.